The lowest BCUT2D eigenvalue weighted by molar-refractivity contribution is -0.386. The van der Waals surface area contributed by atoms with E-state index in [1.165, 1.54) is 13.1 Å². The molecular weight excluding hydrogens is 330 g/mol. The number of rotatable bonds is 7. The van der Waals surface area contributed by atoms with E-state index in [4.69, 9.17) is 0 Å². The van der Waals surface area contributed by atoms with Crippen LogP contribution in [0.1, 0.15) is 18.9 Å². The fourth-order valence-electron chi connectivity index (χ4n) is 1.76. The van der Waals surface area contributed by atoms with Crippen molar-refractivity contribution in [1.29, 1.82) is 0 Å². The third-order valence-corrected chi connectivity index (χ3v) is 3.79. The fraction of sp³-hybridized carbons (Fsp3) is 0.583. The molecular formula is C12H18BrN3O4. The number of nitro groups is 1. The van der Waals surface area contributed by atoms with Crippen molar-refractivity contribution in [1.82, 2.24) is 9.88 Å². The van der Waals surface area contributed by atoms with Gasteiger partial charge in [-0.3, -0.25) is 14.9 Å². The van der Waals surface area contributed by atoms with Crippen LogP contribution in [0.25, 0.3) is 0 Å². The van der Waals surface area contributed by atoms with Crippen LogP contribution in [0, 0.1) is 17.0 Å². The lowest BCUT2D eigenvalue weighted by Crippen LogP contribution is -2.34. The van der Waals surface area contributed by atoms with Gasteiger partial charge >= 0.3 is 0 Å². The average Bonchev–Trinajstić information content (AvgIpc) is 2.39. The minimum absolute atomic E-state index is 0.00919. The molecule has 20 heavy (non-hydrogen) atoms. The van der Waals surface area contributed by atoms with Gasteiger partial charge in [0.05, 0.1) is 28.2 Å². The Labute approximate surface area is 124 Å². The smallest absolute Gasteiger partial charge is 0.289 e. The first-order chi connectivity index (χ1) is 9.38. The highest BCUT2D eigenvalue weighted by Gasteiger charge is 2.19. The Kier molecular flexibility index (Phi) is 6.31. The van der Waals surface area contributed by atoms with Crippen LogP contribution in [-0.4, -0.2) is 33.8 Å². The highest BCUT2D eigenvalue weighted by molar-refractivity contribution is 9.10. The first-order valence-electron chi connectivity index (χ1n) is 6.31. The zero-order chi connectivity index (χ0) is 15.3. The second kappa shape index (κ2) is 7.51. The van der Waals surface area contributed by atoms with E-state index in [2.05, 4.69) is 21.2 Å². The molecule has 0 aliphatic heterocycles. The quantitative estimate of drug-likeness (QED) is 0.438. The Morgan fingerprint density at radius 1 is 1.60 bits per heavy atom. The van der Waals surface area contributed by atoms with Crippen molar-refractivity contribution in [3.8, 4) is 0 Å². The van der Waals surface area contributed by atoms with Gasteiger partial charge in [0.1, 0.15) is 0 Å². The van der Waals surface area contributed by atoms with Crippen molar-refractivity contribution >= 4 is 21.6 Å². The first-order valence-corrected chi connectivity index (χ1v) is 7.10. The predicted molar refractivity (Wildman–Crippen MR) is 79.0 cm³/mol. The van der Waals surface area contributed by atoms with Gasteiger partial charge in [-0.2, -0.15) is 0 Å². The molecule has 1 aromatic heterocycles. The normalized spacial score (nSPS) is 12.4. The third kappa shape index (κ3) is 4.12. The van der Waals surface area contributed by atoms with Crippen molar-refractivity contribution in [2.75, 3.05) is 13.1 Å². The van der Waals surface area contributed by atoms with E-state index in [1.807, 2.05) is 6.92 Å². The molecule has 0 aromatic carbocycles. The number of nitrogens with zero attached hydrogens (tertiary/aromatic N) is 2. The summed E-state index contributed by atoms with van der Waals surface area (Å²) in [6, 6.07) is 0. The van der Waals surface area contributed by atoms with E-state index < -0.39 is 11.0 Å². The van der Waals surface area contributed by atoms with Gasteiger partial charge in [-0.05, 0) is 35.8 Å². The Morgan fingerprint density at radius 3 is 2.80 bits per heavy atom. The predicted octanol–water partition coefficient (Wildman–Crippen LogP) is 1.19. The lowest BCUT2D eigenvalue weighted by atomic mass is 10.2. The molecule has 0 aliphatic carbocycles. The van der Waals surface area contributed by atoms with Gasteiger partial charge in [-0.1, -0.05) is 6.92 Å². The van der Waals surface area contributed by atoms with Crippen LogP contribution in [0.15, 0.2) is 15.5 Å². The number of halogens is 1. The van der Waals surface area contributed by atoms with Crippen LogP contribution in [0.5, 0.6) is 0 Å². The zero-order valence-corrected chi connectivity index (χ0v) is 13.0. The highest BCUT2D eigenvalue weighted by Crippen LogP contribution is 2.22. The van der Waals surface area contributed by atoms with E-state index in [-0.39, 0.29) is 27.8 Å². The molecule has 1 atom stereocenters. The van der Waals surface area contributed by atoms with Crippen molar-refractivity contribution in [2.45, 2.75) is 32.9 Å². The van der Waals surface area contributed by atoms with Crippen LogP contribution < -0.4 is 10.9 Å². The Bertz CT molecular complexity index is 544. The summed E-state index contributed by atoms with van der Waals surface area (Å²) in [6.45, 7) is 4.62. The zero-order valence-electron chi connectivity index (χ0n) is 11.4. The van der Waals surface area contributed by atoms with Crippen LogP contribution in [0.2, 0.25) is 0 Å². The van der Waals surface area contributed by atoms with Crippen molar-refractivity contribution in [3.63, 3.8) is 0 Å². The number of aliphatic hydroxyl groups excluding tert-OH is 1. The molecule has 0 radical (unpaired) electrons. The van der Waals surface area contributed by atoms with E-state index in [1.54, 1.807) is 0 Å². The second-order valence-electron chi connectivity index (χ2n) is 4.53. The van der Waals surface area contributed by atoms with Gasteiger partial charge in [0.2, 0.25) is 0 Å². The molecule has 1 aromatic rings. The van der Waals surface area contributed by atoms with Gasteiger partial charge in [0.25, 0.3) is 11.2 Å². The van der Waals surface area contributed by atoms with Gasteiger partial charge < -0.3 is 15.0 Å². The maximum absolute atomic E-state index is 12.0. The van der Waals surface area contributed by atoms with Crippen molar-refractivity contribution in [2.24, 2.45) is 0 Å². The number of hydrogen-bond acceptors (Lipinski definition) is 5. The molecule has 1 heterocycles. The molecule has 1 unspecified atom stereocenters. The fourth-order valence-corrected chi connectivity index (χ4v) is 2.19. The monoisotopic (exact) mass is 347 g/mol. The van der Waals surface area contributed by atoms with Crippen LogP contribution >= 0.6 is 15.9 Å². The molecule has 8 heteroatoms. The summed E-state index contributed by atoms with van der Waals surface area (Å²) in [4.78, 5) is 22.4. The number of aliphatic hydroxyl groups is 1. The van der Waals surface area contributed by atoms with E-state index in [9.17, 15) is 20.0 Å². The number of aromatic nitrogens is 1. The van der Waals surface area contributed by atoms with Gasteiger partial charge in [0, 0.05) is 12.1 Å². The van der Waals surface area contributed by atoms with Crippen LogP contribution in [0.4, 0.5) is 5.69 Å². The highest BCUT2D eigenvalue weighted by atomic mass is 79.9. The maximum Gasteiger partial charge on any atom is 0.289 e. The second-order valence-corrected chi connectivity index (χ2v) is 5.32. The number of pyridine rings is 1. The summed E-state index contributed by atoms with van der Waals surface area (Å²) < 4.78 is 1.31. The average molecular weight is 348 g/mol. The Hall–Kier alpha value is -1.25. The topological polar surface area (TPSA) is 97.4 Å². The standard InChI is InChI=1S/C12H18BrN3O4/c1-3-4-14-5-9(17)6-15-7-10(16(19)20)8(2)11(13)12(15)18/h7,9,14,17H,3-6H2,1-2H3. The molecule has 0 fully saturated rings. The molecule has 112 valence electrons. The van der Waals surface area contributed by atoms with Crippen LogP contribution in [-0.2, 0) is 6.54 Å². The van der Waals surface area contributed by atoms with E-state index >= 15 is 0 Å². The molecule has 0 spiro atoms. The first kappa shape index (κ1) is 16.8. The van der Waals surface area contributed by atoms with E-state index in [0.717, 1.165) is 17.5 Å². The molecule has 1 rings (SSSR count). The van der Waals surface area contributed by atoms with Gasteiger partial charge in [-0.25, -0.2) is 0 Å². The summed E-state index contributed by atoms with van der Waals surface area (Å²) >= 11 is 3.07. The molecule has 7 nitrogen and oxygen atoms in total. The molecule has 0 saturated carbocycles. The van der Waals surface area contributed by atoms with E-state index in [0.29, 0.717) is 6.54 Å². The largest absolute Gasteiger partial charge is 0.390 e. The summed E-state index contributed by atoms with van der Waals surface area (Å²) in [6.07, 6.45) is 1.33. The summed E-state index contributed by atoms with van der Waals surface area (Å²) in [5, 5.41) is 23.8. The van der Waals surface area contributed by atoms with Gasteiger partial charge in [0.15, 0.2) is 0 Å². The molecule has 0 amide bonds. The van der Waals surface area contributed by atoms with Gasteiger partial charge in [-0.15, -0.1) is 0 Å². The minimum Gasteiger partial charge on any atom is -0.390 e. The SMILES string of the molecule is CCCNCC(O)Cn1cc([N+](=O)[O-])c(C)c(Br)c1=O. The third-order valence-electron chi connectivity index (χ3n) is 2.85. The van der Waals surface area contributed by atoms with Crippen molar-refractivity contribution < 1.29 is 10.0 Å². The Balaban J connectivity index is 2.95. The summed E-state index contributed by atoms with van der Waals surface area (Å²) in [7, 11) is 0. The number of hydrogen-bond donors (Lipinski definition) is 2. The molecule has 0 saturated heterocycles. The molecule has 2 N–H and O–H groups in total. The van der Waals surface area contributed by atoms with Crippen LogP contribution in [0.3, 0.4) is 0 Å². The summed E-state index contributed by atoms with van der Waals surface area (Å²) in [5.74, 6) is 0. The summed E-state index contributed by atoms with van der Waals surface area (Å²) in [5.41, 5.74) is -0.248. The lowest BCUT2D eigenvalue weighted by Gasteiger charge is -2.14. The number of nitrogens with one attached hydrogen (secondary N) is 1. The Morgan fingerprint density at radius 2 is 2.25 bits per heavy atom. The molecule has 0 bridgehead atoms. The van der Waals surface area contributed by atoms with Crippen molar-refractivity contribution in [3.05, 3.63) is 36.7 Å². The molecule has 0 aliphatic rings. The maximum atomic E-state index is 12.0. The minimum atomic E-state index is -0.784.